The largest absolute Gasteiger partial charge is 0.332 e. The number of hydrogen-bond donors (Lipinski definition) is 0. The Balaban J connectivity index is 1.68. The summed E-state index contributed by atoms with van der Waals surface area (Å²) < 4.78 is 15.5. The van der Waals surface area contributed by atoms with Crippen molar-refractivity contribution in [2.24, 2.45) is 0 Å². The molecule has 112 valence electrons. The second kappa shape index (κ2) is 5.95. The zero-order valence-electron chi connectivity index (χ0n) is 12.6. The molecule has 1 aromatic carbocycles. The van der Waals surface area contributed by atoms with Crippen LogP contribution in [0.15, 0.2) is 30.5 Å². The van der Waals surface area contributed by atoms with Crippen molar-refractivity contribution in [1.29, 1.82) is 0 Å². The summed E-state index contributed by atoms with van der Waals surface area (Å²) in [5.74, 6) is 0.939. The van der Waals surface area contributed by atoms with Crippen molar-refractivity contribution in [1.82, 2.24) is 19.4 Å². The summed E-state index contributed by atoms with van der Waals surface area (Å²) in [6, 6.07) is 6.84. The van der Waals surface area contributed by atoms with Crippen LogP contribution in [0, 0.1) is 5.82 Å². The Morgan fingerprint density at radius 1 is 1.29 bits per heavy atom. The van der Waals surface area contributed by atoms with Gasteiger partial charge >= 0.3 is 0 Å². The van der Waals surface area contributed by atoms with Crippen molar-refractivity contribution in [2.45, 2.75) is 26.2 Å². The Morgan fingerprint density at radius 3 is 2.90 bits per heavy atom. The minimum atomic E-state index is -0.167. The predicted octanol–water partition coefficient (Wildman–Crippen LogP) is 2.10. The number of halogens is 1. The Kier molecular flexibility index (Phi) is 4.03. The van der Waals surface area contributed by atoms with Gasteiger partial charge < -0.3 is 9.47 Å². The minimum absolute atomic E-state index is 0.167. The van der Waals surface area contributed by atoms with Gasteiger partial charge in [0.1, 0.15) is 11.6 Å². The standard InChI is InChI=1S/C16H21FN4/c1-19(2)10-15-11-21-7-6-20(12-16(21)18-15)9-13-4-3-5-14(17)8-13/h3-5,8,11H,6-7,9-10,12H2,1-2H3. The average molecular weight is 288 g/mol. The lowest BCUT2D eigenvalue weighted by Gasteiger charge is -2.27. The molecule has 0 amide bonds. The fourth-order valence-corrected chi connectivity index (χ4v) is 2.79. The van der Waals surface area contributed by atoms with Crippen LogP contribution < -0.4 is 0 Å². The maximum Gasteiger partial charge on any atom is 0.123 e. The van der Waals surface area contributed by atoms with Crippen LogP contribution in [-0.2, 0) is 26.2 Å². The van der Waals surface area contributed by atoms with E-state index in [-0.39, 0.29) is 5.82 Å². The molecule has 1 aromatic heterocycles. The van der Waals surface area contributed by atoms with Crippen LogP contribution in [0.1, 0.15) is 17.1 Å². The van der Waals surface area contributed by atoms with E-state index in [1.165, 1.54) is 6.07 Å². The minimum Gasteiger partial charge on any atom is -0.332 e. The molecule has 2 heterocycles. The number of benzene rings is 1. The maximum absolute atomic E-state index is 13.2. The third kappa shape index (κ3) is 3.49. The third-order valence-electron chi connectivity index (χ3n) is 3.70. The first kappa shape index (κ1) is 14.2. The quantitative estimate of drug-likeness (QED) is 0.861. The van der Waals surface area contributed by atoms with Crippen LogP contribution in [0.5, 0.6) is 0 Å². The van der Waals surface area contributed by atoms with E-state index in [9.17, 15) is 4.39 Å². The Hall–Kier alpha value is -1.72. The van der Waals surface area contributed by atoms with E-state index in [0.717, 1.165) is 49.8 Å². The molecule has 0 atom stereocenters. The fraction of sp³-hybridized carbons (Fsp3) is 0.438. The molecule has 3 rings (SSSR count). The van der Waals surface area contributed by atoms with Crippen molar-refractivity contribution < 1.29 is 4.39 Å². The summed E-state index contributed by atoms with van der Waals surface area (Å²) in [7, 11) is 4.10. The number of aromatic nitrogens is 2. The predicted molar refractivity (Wildman–Crippen MR) is 80.1 cm³/mol. The Morgan fingerprint density at radius 2 is 2.14 bits per heavy atom. The molecular weight excluding hydrogens is 267 g/mol. The molecule has 0 unspecified atom stereocenters. The van der Waals surface area contributed by atoms with Crippen molar-refractivity contribution >= 4 is 0 Å². The number of nitrogens with zero attached hydrogens (tertiary/aromatic N) is 4. The SMILES string of the molecule is CN(C)Cc1cn2c(n1)CN(Cc1cccc(F)c1)CC2. The van der Waals surface area contributed by atoms with Crippen molar-refractivity contribution in [3.05, 3.63) is 53.4 Å². The fourth-order valence-electron chi connectivity index (χ4n) is 2.79. The monoisotopic (exact) mass is 288 g/mol. The van der Waals surface area contributed by atoms with Crippen molar-refractivity contribution in [3.8, 4) is 0 Å². The van der Waals surface area contributed by atoms with Crippen LogP contribution in [0.3, 0.4) is 0 Å². The second-order valence-corrected chi connectivity index (χ2v) is 5.92. The maximum atomic E-state index is 13.2. The van der Waals surface area contributed by atoms with Crippen molar-refractivity contribution in [2.75, 3.05) is 20.6 Å². The van der Waals surface area contributed by atoms with Gasteiger partial charge in [-0.15, -0.1) is 0 Å². The highest BCUT2D eigenvalue weighted by Crippen LogP contribution is 2.16. The highest BCUT2D eigenvalue weighted by Gasteiger charge is 2.18. The molecule has 0 fully saturated rings. The zero-order chi connectivity index (χ0) is 14.8. The van der Waals surface area contributed by atoms with Crippen molar-refractivity contribution in [3.63, 3.8) is 0 Å². The first-order valence-electron chi connectivity index (χ1n) is 7.26. The van der Waals surface area contributed by atoms with Crippen LogP contribution in [-0.4, -0.2) is 40.0 Å². The van der Waals surface area contributed by atoms with E-state index in [1.807, 2.05) is 6.07 Å². The van der Waals surface area contributed by atoms with E-state index in [4.69, 9.17) is 4.98 Å². The van der Waals surface area contributed by atoms with Gasteiger partial charge in [-0.1, -0.05) is 12.1 Å². The highest BCUT2D eigenvalue weighted by atomic mass is 19.1. The molecule has 0 bridgehead atoms. The summed E-state index contributed by atoms with van der Waals surface area (Å²) in [6.45, 7) is 4.38. The molecule has 2 aromatic rings. The van der Waals surface area contributed by atoms with E-state index >= 15 is 0 Å². The number of fused-ring (bicyclic) bond motifs is 1. The van der Waals surface area contributed by atoms with Gasteiger partial charge in [-0.3, -0.25) is 4.90 Å². The normalized spacial score (nSPS) is 15.4. The van der Waals surface area contributed by atoms with Crippen LogP contribution in [0.4, 0.5) is 4.39 Å². The summed E-state index contributed by atoms with van der Waals surface area (Å²) in [5.41, 5.74) is 2.13. The Bertz CT molecular complexity index is 620. The van der Waals surface area contributed by atoms with Gasteiger partial charge in [0.2, 0.25) is 0 Å². The lowest BCUT2D eigenvalue weighted by atomic mass is 10.2. The van der Waals surface area contributed by atoms with Gasteiger partial charge in [0.15, 0.2) is 0 Å². The number of rotatable bonds is 4. The molecule has 0 saturated heterocycles. The molecule has 0 saturated carbocycles. The molecule has 21 heavy (non-hydrogen) atoms. The van der Waals surface area contributed by atoms with Crippen LogP contribution in [0.2, 0.25) is 0 Å². The van der Waals surface area contributed by atoms with Gasteiger partial charge in [0, 0.05) is 32.4 Å². The van der Waals surface area contributed by atoms with Gasteiger partial charge in [0.25, 0.3) is 0 Å². The lowest BCUT2D eigenvalue weighted by molar-refractivity contribution is 0.208. The number of hydrogen-bond acceptors (Lipinski definition) is 3. The average Bonchev–Trinajstić information content (AvgIpc) is 2.79. The third-order valence-corrected chi connectivity index (χ3v) is 3.70. The smallest absolute Gasteiger partial charge is 0.123 e. The molecule has 0 spiro atoms. The first-order valence-corrected chi connectivity index (χ1v) is 7.26. The van der Waals surface area contributed by atoms with Gasteiger partial charge in [-0.25, -0.2) is 9.37 Å². The summed E-state index contributed by atoms with van der Waals surface area (Å²) >= 11 is 0. The molecule has 1 aliphatic heterocycles. The van der Waals surface area contributed by atoms with Crippen LogP contribution >= 0.6 is 0 Å². The molecule has 4 nitrogen and oxygen atoms in total. The summed E-state index contributed by atoms with van der Waals surface area (Å²) in [5, 5.41) is 0. The number of imidazole rings is 1. The highest BCUT2D eigenvalue weighted by molar-refractivity contribution is 5.16. The van der Waals surface area contributed by atoms with E-state index < -0.39 is 0 Å². The molecule has 0 aliphatic carbocycles. The molecule has 0 N–H and O–H groups in total. The van der Waals surface area contributed by atoms with E-state index in [1.54, 1.807) is 12.1 Å². The van der Waals surface area contributed by atoms with Gasteiger partial charge in [0.05, 0.1) is 12.2 Å². The van der Waals surface area contributed by atoms with E-state index in [2.05, 4.69) is 34.7 Å². The molecule has 0 radical (unpaired) electrons. The lowest BCUT2D eigenvalue weighted by Crippen LogP contribution is -2.33. The summed E-state index contributed by atoms with van der Waals surface area (Å²) in [4.78, 5) is 9.15. The van der Waals surface area contributed by atoms with Gasteiger partial charge in [-0.05, 0) is 31.8 Å². The van der Waals surface area contributed by atoms with Gasteiger partial charge in [-0.2, -0.15) is 0 Å². The first-order chi connectivity index (χ1) is 10.1. The molecule has 5 heteroatoms. The summed E-state index contributed by atoms with van der Waals surface area (Å²) in [6.07, 6.45) is 2.15. The van der Waals surface area contributed by atoms with E-state index in [0.29, 0.717) is 0 Å². The Labute approximate surface area is 124 Å². The second-order valence-electron chi connectivity index (χ2n) is 5.92. The zero-order valence-corrected chi connectivity index (χ0v) is 12.6. The molecular formula is C16H21FN4. The topological polar surface area (TPSA) is 24.3 Å². The molecule has 1 aliphatic rings. The van der Waals surface area contributed by atoms with Crippen LogP contribution in [0.25, 0.3) is 0 Å².